The number of hydrazine groups is 1. The number of hydrogen-bond donors (Lipinski definition) is 2. The number of nitrogen functional groups attached to an aromatic ring is 1. The van der Waals surface area contributed by atoms with Gasteiger partial charge in [0.2, 0.25) is 0 Å². The van der Waals surface area contributed by atoms with Gasteiger partial charge in [0.1, 0.15) is 0 Å². The molecule has 0 saturated carbocycles. The molecule has 1 aromatic carbocycles. The molecule has 0 fully saturated rings. The Morgan fingerprint density at radius 2 is 2.10 bits per heavy atom. The minimum atomic E-state index is -0.226. The molecule has 0 aliphatic carbocycles. The highest BCUT2D eigenvalue weighted by Gasteiger charge is 2.15. The maximum Gasteiger partial charge on any atom is 0.275 e. The maximum absolute atomic E-state index is 11.7. The van der Waals surface area contributed by atoms with E-state index in [2.05, 4.69) is 36.3 Å². The lowest BCUT2D eigenvalue weighted by molar-refractivity contribution is 0.0957. The molecule has 0 radical (unpaired) electrons. The second kappa shape index (κ2) is 6.54. The van der Waals surface area contributed by atoms with Crippen LogP contribution in [0.2, 0.25) is 0 Å². The topological polar surface area (TPSA) is 58.4 Å². The number of nitrogens with zero attached hydrogens (tertiary/aromatic N) is 1. The normalized spacial score (nSPS) is 10.3. The number of para-hydroxylation sites is 1. The van der Waals surface area contributed by atoms with Crippen LogP contribution in [0.25, 0.3) is 0 Å². The summed E-state index contributed by atoms with van der Waals surface area (Å²) < 4.78 is 0. The second-order valence-corrected chi connectivity index (χ2v) is 5.47. The largest absolute Gasteiger partial charge is 0.367 e. The fourth-order valence-electron chi connectivity index (χ4n) is 2.22. The zero-order valence-electron chi connectivity index (χ0n) is 11.7. The van der Waals surface area contributed by atoms with Crippen LogP contribution < -0.4 is 16.2 Å². The molecule has 20 heavy (non-hydrogen) atoms. The SMILES string of the molecule is CCN(Cc1ccsc1C(=O)NN)c1ccccc1C. The third-order valence-corrected chi connectivity index (χ3v) is 4.24. The van der Waals surface area contributed by atoms with Gasteiger partial charge in [-0.25, -0.2) is 5.84 Å². The number of carbonyl (C=O) groups is 1. The number of thiophene rings is 1. The lowest BCUT2D eigenvalue weighted by Crippen LogP contribution is -2.31. The van der Waals surface area contributed by atoms with Crippen molar-refractivity contribution in [2.24, 2.45) is 5.84 Å². The van der Waals surface area contributed by atoms with E-state index in [9.17, 15) is 4.79 Å². The molecule has 106 valence electrons. The number of benzene rings is 1. The van der Waals surface area contributed by atoms with Crippen molar-refractivity contribution in [2.75, 3.05) is 11.4 Å². The molecule has 0 spiro atoms. The summed E-state index contributed by atoms with van der Waals surface area (Å²) in [5.74, 6) is 5.00. The van der Waals surface area contributed by atoms with Crippen LogP contribution in [-0.2, 0) is 6.54 Å². The van der Waals surface area contributed by atoms with Crippen LogP contribution in [0.5, 0.6) is 0 Å². The summed E-state index contributed by atoms with van der Waals surface area (Å²) in [7, 11) is 0. The fourth-order valence-corrected chi connectivity index (χ4v) is 3.03. The van der Waals surface area contributed by atoms with Crippen LogP contribution in [-0.4, -0.2) is 12.5 Å². The summed E-state index contributed by atoms with van der Waals surface area (Å²) >= 11 is 1.42. The van der Waals surface area contributed by atoms with E-state index in [1.807, 2.05) is 23.6 Å². The molecule has 0 aliphatic rings. The number of nitrogens with two attached hydrogens (primary N) is 1. The maximum atomic E-state index is 11.7. The van der Waals surface area contributed by atoms with Gasteiger partial charge in [-0.1, -0.05) is 18.2 Å². The van der Waals surface area contributed by atoms with Crippen LogP contribution in [0.1, 0.15) is 27.7 Å². The molecule has 0 saturated heterocycles. The van der Waals surface area contributed by atoms with Crippen LogP contribution in [0.3, 0.4) is 0 Å². The van der Waals surface area contributed by atoms with E-state index in [0.717, 1.165) is 12.1 Å². The van der Waals surface area contributed by atoms with Crippen molar-refractivity contribution in [3.8, 4) is 0 Å². The zero-order valence-corrected chi connectivity index (χ0v) is 12.5. The van der Waals surface area contributed by atoms with Gasteiger partial charge in [0.05, 0.1) is 4.88 Å². The standard InChI is InChI=1S/C15H19N3OS/c1-3-18(13-7-5-4-6-11(13)2)10-12-8-9-20-14(12)15(19)17-16/h4-9H,3,10,16H2,1-2H3,(H,17,19). The highest BCUT2D eigenvalue weighted by atomic mass is 32.1. The minimum Gasteiger partial charge on any atom is -0.367 e. The summed E-state index contributed by atoms with van der Waals surface area (Å²) in [5.41, 5.74) is 5.63. The van der Waals surface area contributed by atoms with Crippen molar-refractivity contribution < 1.29 is 4.79 Å². The van der Waals surface area contributed by atoms with Gasteiger partial charge in [-0.2, -0.15) is 0 Å². The van der Waals surface area contributed by atoms with Gasteiger partial charge >= 0.3 is 0 Å². The number of amides is 1. The lowest BCUT2D eigenvalue weighted by Gasteiger charge is -2.25. The van der Waals surface area contributed by atoms with Crippen LogP contribution >= 0.6 is 11.3 Å². The molecule has 1 amide bonds. The molecular formula is C15H19N3OS. The molecule has 2 rings (SSSR count). The first-order valence-corrected chi connectivity index (χ1v) is 7.43. The fraction of sp³-hybridized carbons (Fsp3) is 0.267. The first-order valence-electron chi connectivity index (χ1n) is 6.55. The smallest absolute Gasteiger partial charge is 0.275 e. The number of rotatable bonds is 5. The van der Waals surface area contributed by atoms with Crippen molar-refractivity contribution in [3.63, 3.8) is 0 Å². The summed E-state index contributed by atoms with van der Waals surface area (Å²) in [5, 5.41) is 1.92. The third kappa shape index (κ3) is 3.00. The number of hydrogen-bond acceptors (Lipinski definition) is 4. The molecule has 1 heterocycles. The molecule has 3 N–H and O–H groups in total. The average Bonchev–Trinajstić information content (AvgIpc) is 2.93. The molecule has 1 aromatic heterocycles. The predicted molar refractivity (Wildman–Crippen MR) is 83.9 cm³/mol. The Kier molecular flexibility index (Phi) is 4.76. The van der Waals surface area contributed by atoms with Crippen LogP contribution in [0.15, 0.2) is 35.7 Å². The Morgan fingerprint density at radius 1 is 1.35 bits per heavy atom. The van der Waals surface area contributed by atoms with Gasteiger partial charge in [0.15, 0.2) is 0 Å². The van der Waals surface area contributed by atoms with Crippen molar-refractivity contribution in [2.45, 2.75) is 20.4 Å². The Hall–Kier alpha value is -1.85. The van der Waals surface area contributed by atoms with Gasteiger partial charge < -0.3 is 4.90 Å². The van der Waals surface area contributed by atoms with E-state index < -0.39 is 0 Å². The quantitative estimate of drug-likeness (QED) is 0.505. The van der Waals surface area contributed by atoms with E-state index in [1.165, 1.54) is 22.6 Å². The molecule has 0 aliphatic heterocycles. The zero-order chi connectivity index (χ0) is 14.5. The Labute approximate surface area is 123 Å². The monoisotopic (exact) mass is 289 g/mol. The van der Waals surface area contributed by atoms with E-state index >= 15 is 0 Å². The van der Waals surface area contributed by atoms with Gasteiger partial charge in [-0.05, 0) is 42.5 Å². The van der Waals surface area contributed by atoms with E-state index in [-0.39, 0.29) is 5.91 Å². The average molecular weight is 289 g/mol. The van der Waals surface area contributed by atoms with Gasteiger partial charge in [-0.3, -0.25) is 10.2 Å². The number of aryl methyl sites for hydroxylation is 1. The van der Waals surface area contributed by atoms with Crippen molar-refractivity contribution in [3.05, 3.63) is 51.7 Å². The molecule has 0 bridgehead atoms. The van der Waals surface area contributed by atoms with E-state index in [1.54, 1.807) is 0 Å². The highest BCUT2D eigenvalue weighted by Crippen LogP contribution is 2.24. The first-order chi connectivity index (χ1) is 9.67. The van der Waals surface area contributed by atoms with Gasteiger partial charge in [-0.15, -0.1) is 11.3 Å². The molecule has 4 nitrogen and oxygen atoms in total. The third-order valence-electron chi connectivity index (χ3n) is 3.28. The first kappa shape index (κ1) is 14.6. The van der Waals surface area contributed by atoms with Crippen molar-refractivity contribution in [1.82, 2.24) is 5.43 Å². The summed E-state index contributed by atoms with van der Waals surface area (Å²) in [6.07, 6.45) is 0. The molecule has 0 atom stereocenters. The van der Waals surface area contributed by atoms with Gasteiger partial charge in [0.25, 0.3) is 5.91 Å². The van der Waals surface area contributed by atoms with E-state index in [0.29, 0.717) is 11.4 Å². The minimum absolute atomic E-state index is 0.226. The van der Waals surface area contributed by atoms with Crippen LogP contribution in [0.4, 0.5) is 5.69 Å². The van der Waals surface area contributed by atoms with E-state index in [4.69, 9.17) is 5.84 Å². The lowest BCUT2D eigenvalue weighted by atomic mass is 10.1. The summed E-state index contributed by atoms with van der Waals surface area (Å²) in [6.45, 7) is 5.79. The van der Waals surface area contributed by atoms with Crippen molar-refractivity contribution in [1.29, 1.82) is 0 Å². The molecular weight excluding hydrogens is 270 g/mol. The van der Waals surface area contributed by atoms with Gasteiger partial charge in [0, 0.05) is 18.8 Å². The number of carbonyl (C=O) groups excluding carboxylic acids is 1. The predicted octanol–water partition coefficient (Wildman–Crippen LogP) is 2.69. The summed E-state index contributed by atoms with van der Waals surface area (Å²) in [6, 6.07) is 10.2. The Morgan fingerprint density at radius 3 is 2.75 bits per heavy atom. The molecule has 5 heteroatoms. The van der Waals surface area contributed by atoms with Crippen molar-refractivity contribution >= 4 is 22.9 Å². The highest BCUT2D eigenvalue weighted by molar-refractivity contribution is 7.12. The molecule has 2 aromatic rings. The molecule has 0 unspecified atom stereocenters. The number of anilines is 1. The Balaban J connectivity index is 2.26. The Bertz CT molecular complexity index is 594. The van der Waals surface area contributed by atoms with Crippen LogP contribution in [0, 0.1) is 6.92 Å². The second-order valence-electron chi connectivity index (χ2n) is 4.55. The summed E-state index contributed by atoms with van der Waals surface area (Å²) in [4.78, 5) is 14.7. The number of nitrogens with one attached hydrogen (secondary N) is 1.